The maximum absolute atomic E-state index is 11.4. The van der Waals surface area contributed by atoms with E-state index >= 15 is 0 Å². The summed E-state index contributed by atoms with van der Waals surface area (Å²) in [4.78, 5) is 0. The van der Waals surface area contributed by atoms with E-state index < -0.39 is 11.0 Å². The van der Waals surface area contributed by atoms with Crippen LogP contribution in [0.1, 0.15) is 6.92 Å². The fraction of sp³-hybridized carbons (Fsp3) is 0.625. The molecular weight excluding hydrogens is 174 g/mol. The second-order valence-electron chi connectivity index (χ2n) is 2.39. The summed E-state index contributed by atoms with van der Waals surface area (Å²) in [5, 5.41) is 1.57. The molecule has 0 aromatic heterocycles. The van der Waals surface area contributed by atoms with E-state index in [1.54, 1.807) is 11.5 Å². The molecule has 0 bridgehead atoms. The zero-order valence-electron chi connectivity index (χ0n) is 7.16. The summed E-state index contributed by atoms with van der Waals surface area (Å²) in [7, 11) is -1.02. The highest BCUT2D eigenvalue weighted by molar-refractivity contribution is 7.85. The Balaban J connectivity index is 2.45. The molecule has 1 fully saturated rings. The van der Waals surface area contributed by atoms with Gasteiger partial charge in [-0.2, -0.15) is 0 Å². The van der Waals surface area contributed by atoms with Gasteiger partial charge in [0.1, 0.15) is 11.0 Å². The van der Waals surface area contributed by atoms with Crippen molar-refractivity contribution < 1.29 is 8.95 Å². The van der Waals surface area contributed by atoms with Crippen LogP contribution >= 0.6 is 0 Å². The summed E-state index contributed by atoms with van der Waals surface area (Å²) in [5.41, 5.74) is 2.81. The van der Waals surface area contributed by atoms with Gasteiger partial charge in [-0.15, -0.1) is 5.73 Å². The lowest BCUT2D eigenvalue weighted by atomic mass is 10.5. The SMILES string of the molecule is CC=C=CS(=O)N1CCOCC1. The Morgan fingerprint density at radius 2 is 2.17 bits per heavy atom. The van der Waals surface area contributed by atoms with Gasteiger partial charge in [0.15, 0.2) is 0 Å². The number of hydrogen-bond acceptors (Lipinski definition) is 2. The quantitative estimate of drug-likeness (QED) is 0.595. The molecule has 1 rings (SSSR count). The van der Waals surface area contributed by atoms with Crippen LogP contribution < -0.4 is 0 Å². The molecule has 1 unspecified atom stereocenters. The normalized spacial score (nSPS) is 21.1. The van der Waals surface area contributed by atoms with E-state index in [1.807, 2.05) is 11.2 Å². The van der Waals surface area contributed by atoms with Crippen molar-refractivity contribution in [3.05, 3.63) is 17.2 Å². The first-order chi connectivity index (χ1) is 5.84. The number of nitrogens with zero attached hydrogens (tertiary/aromatic N) is 1. The van der Waals surface area contributed by atoms with Gasteiger partial charge in [0, 0.05) is 13.1 Å². The van der Waals surface area contributed by atoms with E-state index in [-0.39, 0.29) is 0 Å². The summed E-state index contributed by atoms with van der Waals surface area (Å²) < 4.78 is 18.4. The highest BCUT2D eigenvalue weighted by atomic mass is 32.2. The third-order valence-electron chi connectivity index (χ3n) is 1.56. The second-order valence-corrected chi connectivity index (χ2v) is 3.70. The predicted molar refractivity (Wildman–Crippen MR) is 48.9 cm³/mol. The second kappa shape index (κ2) is 5.27. The van der Waals surface area contributed by atoms with Crippen molar-refractivity contribution in [3.63, 3.8) is 0 Å². The first-order valence-corrected chi connectivity index (χ1v) is 5.12. The average Bonchev–Trinajstić information content (AvgIpc) is 2.15. The number of ether oxygens (including phenoxy) is 1. The Morgan fingerprint density at radius 3 is 2.75 bits per heavy atom. The molecule has 0 aromatic rings. The predicted octanol–water partition coefficient (Wildman–Crippen LogP) is 0.671. The van der Waals surface area contributed by atoms with E-state index in [0.717, 1.165) is 13.1 Å². The third-order valence-corrected chi connectivity index (χ3v) is 2.77. The van der Waals surface area contributed by atoms with Gasteiger partial charge in [-0.1, -0.05) is 0 Å². The highest BCUT2D eigenvalue weighted by Crippen LogP contribution is 2.01. The lowest BCUT2D eigenvalue weighted by molar-refractivity contribution is 0.0756. The van der Waals surface area contributed by atoms with Gasteiger partial charge in [-0.25, -0.2) is 8.51 Å². The molecule has 0 spiro atoms. The Hall–Kier alpha value is -0.410. The van der Waals surface area contributed by atoms with Crippen molar-refractivity contribution in [1.82, 2.24) is 4.31 Å². The smallest absolute Gasteiger partial charge is 0.128 e. The maximum Gasteiger partial charge on any atom is 0.128 e. The fourth-order valence-electron chi connectivity index (χ4n) is 0.927. The van der Waals surface area contributed by atoms with Crippen molar-refractivity contribution >= 4 is 11.0 Å². The van der Waals surface area contributed by atoms with Crippen molar-refractivity contribution in [2.45, 2.75) is 6.92 Å². The Kier molecular flexibility index (Phi) is 4.25. The van der Waals surface area contributed by atoms with Crippen molar-refractivity contribution in [2.24, 2.45) is 0 Å². The molecule has 0 aliphatic carbocycles. The molecule has 1 aliphatic heterocycles. The molecule has 0 radical (unpaired) electrons. The summed E-state index contributed by atoms with van der Waals surface area (Å²) in [6.45, 7) is 4.70. The highest BCUT2D eigenvalue weighted by Gasteiger charge is 2.13. The molecule has 4 heteroatoms. The van der Waals surface area contributed by atoms with Gasteiger partial charge in [-0.05, 0) is 13.0 Å². The molecule has 68 valence electrons. The Morgan fingerprint density at radius 1 is 1.50 bits per heavy atom. The molecule has 0 saturated carbocycles. The zero-order chi connectivity index (χ0) is 8.81. The largest absolute Gasteiger partial charge is 0.379 e. The zero-order valence-corrected chi connectivity index (χ0v) is 7.97. The van der Waals surface area contributed by atoms with Crippen LogP contribution in [0.2, 0.25) is 0 Å². The lowest BCUT2D eigenvalue weighted by Crippen LogP contribution is -2.36. The molecule has 12 heavy (non-hydrogen) atoms. The van der Waals surface area contributed by atoms with E-state index in [9.17, 15) is 4.21 Å². The summed E-state index contributed by atoms with van der Waals surface area (Å²) in [6.07, 6.45) is 1.75. The minimum Gasteiger partial charge on any atom is -0.379 e. The van der Waals surface area contributed by atoms with Gasteiger partial charge in [0.05, 0.1) is 18.6 Å². The number of allylic oxidation sites excluding steroid dienone is 1. The monoisotopic (exact) mass is 187 g/mol. The van der Waals surface area contributed by atoms with Gasteiger partial charge in [0.25, 0.3) is 0 Å². The van der Waals surface area contributed by atoms with E-state index in [1.165, 1.54) is 0 Å². The lowest BCUT2D eigenvalue weighted by Gasteiger charge is -2.23. The van der Waals surface area contributed by atoms with Crippen LogP contribution in [-0.4, -0.2) is 34.8 Å². The Labute approximate surface area is 75.3 Å². The minimum atomic E-state index is -1.02. The van der Waals surface area contributed by atoms with Crippen LogP contribution in [0.15, 0.2) is 17.2 Å². The molecule has 0 N–H and O–H groups in total. The van der Waals surface area contributed by atoms with Gasteiger partial charge in [0.2, 0.25) is 0 Å². The van der Waals surface area contributed by atoms with Crippen LogP contribution in [-0.2, 0) is 15.7 Å². The molecule has 0 amide bonds. The van der Waals surface area contributed by atoms with Crippen LogP contribution in [0.3, 0.4) is 0 Å². The summed E-state index contributed by atoms with van der Waals surface area (Å²) in [5.74, 6) is 0. The van der Waals surface area contributed by atoms with E-state index in [0.29, 0.717) is 13.2 Å². The van der Waals surface area contributed by atoms with Crippen LogP contribution in [0.5, 0.6) is 0 Å². The van der Waals surface area contributed by atoms with E-state index in [2.05, 4.69) is 5.73 Å². The number of morpholine rings is 1. The van der Waals surface area contributed by atoms with Gasteiger partial charge in [-0.3, -0.25) is 0 Å². The first kappa shape index (κ1) is 9.68. The van der Waals surface area contributed by atoms with E-state index in [4.69, 9.17) is 4.74 Å². The van der Waals surface area contributed by atoms with Crippen LogP contribution in [0.25, 0.3) is 0 Å². The Bertz CT molecular complexity index is 215. The molecule has 1 saturated heterocycles. The van der Waals surface area contributed by atoms with Crippen LogP contribution in [0, 0.1) is 0 Å². The molecular formula is C8H13NO2S. The first-order valence-electron chi connectivity index (χ1n) is 3.95. The van der Waals surface area contributed by atoms with Crippen molar-refractivity contribution in [1.29, 1.82) is 0 Å². The van der Waals surface area contributed by atoms with Gasteiger partial charge < -0.3 is 4.74 Å². The van der Waals surface area contributed by atoms with Crippen LogP contribution in [0.4, 0.5) is 0 Å². The standard InChI is InChI=1S/C8H13NO2S/c1-2-3-8-12(10)9-4-6-11-7-5-9/h2,8H,4-7H2,1H3. The maximum atomic E-state index is 11.4. The summed E-state index contributed by atoms with van der Waals surface area (Å²) in [6, 6.07) is 0. The van der Waals surface area contributed by atoms with Gasteiger partial charge >= 0.3 is 0 Å². The number of rotatable bonds is 2. The molecule has 1 atom stereocenters. The minimum absolute atomic E-state index is 0.676. The third kappa shape index (κ3) is 2.91. The topological polar surface area (TPSA) is 29.5 Å². The average molecular weight is 187 g/mol. The van der Waals surface area contributed by atoms with Crippen molar-refractivity contribution in [2.75, 3.05) is 26.3 Å². The molecule has 1 aliphatic rings. The fourth-order valence-corrected chi connectivity index (χ4v) is 1.84. The molecule has 1 heterocycles. The van der Waals surface area contributed by atoms with Crippen molar-refractivity contribution in [3.8, 4) is 0 Å². The summed E-state index contributed by atoms with van der Waals surface area (Å²) >= 11 is 0. The molecule has 3 nitrogen and oxygen atoms in total. The molecule has 0 aromatic carbocycles. The number of hydrogen-bond donors (Lipinski definition) is 0.